The molecule has 10 heteroatoms. The molecule has 1 fully saturated rings. The maximum atomic E-state index is 12.9. The van der Waals surface area contributed by atoms with Crippen LogP contribution in [0.1, 0.15) is 28.8 Å². The van der Waals surface area contributed by atoms with Crippen LogP contribution in [0.5, 0.6) is 5.75 Å². The first-order valence-corrected chi connectivity index (χ1v) is 11.7. The molecule has 37 heavy (non-hydrogen) atoms. The quantitative estimate of drug-likeness (QED) is 0.348. The fourth-order valence-electron chi connectivity index (χ4n) is 3.74. The smallest absolute Gasteiger partial charge is 0.416 e. The van der Waals surface area contributed by atoms with Gasteiger partial charge >= 0.3 is 6.18 Å². The van der Waals surface area contributed by atoms with Crippen LogP contribution in [-0.2, 0) is 15.7 Å². The molecule has 7 nitrogen and oxygen atoms in total. The van der Waals surface area contributed by atoms with Gasteiger partial charge in [0.1, 0.15) is 12.4 Å². The van der Waals surface area contributed by atoms with Crippen molar-refractivity contribution in [3.63, 3.8) is 0 Å². The Morgan fingerprint density at radius 2 is 1.65 bits per heavy atom. The summed E-state index contributed by atoms with van der Waals surface area (Å²) < 4.78 is 50.0. The summed E-state index contributed by atoms with van der Waals surface area (Å²) in [6.45, 7) is 1.26. The number of amides is 2. The van der Waals surface area contributed by atoms with Gasteiger partial charge in [0.15, 0.2) is 0 Å². The van der Waals surface area contributed by atoms with Gasteiger partial charge in [-0.1, -0.05) is 12.1 Å². The summed E-state index contributed by atoms with van der Waals surface area (Å²) in [5.74, 6) is -0.227. The highest BCUT2D eigenvalue weighted by atomic mass is 19.4. The molecule has 3 aromatic rings. The van der Waals surface area contributed by atoms with Gasteiger partial charge in [-0.05, 0) is 73.5 Å². The van der Waals surface area contributed by atoms with E-state index in [9.17, 15) is 22.8 Å². The number of anilines is 3. The topological polar surface area (TPSA) is 88.7 Å². The summed E-state index contributed by atoms with van der Waals surface area (Å²) in [4.78, 5) is 24.9. The lowest BCUT2D eigenvalue weighted by Gasteiger charge is -2.12. The molecule has 1 heterocycles. The first-order chi connectivity index (χ1) is 17.8. The molecule has 1 aliphatic heterocycles. The number of hydrogen-bond acceptors (Lipinski definition) is 5. The Labute approximate surface area is 212 Å². The van der Waals surface area contributed by atoms with Crippen molar-refractivity contribution in [1.82, 2.24) is 0 Å². The van der Waals surface area contributed by atoms with E-state index in [0.717, 1.165) is 37.3 Å². The van der Waals surface area contributed by atoms with E-state index in [1.165, 1.54) is 24.3 Å². The lowest BCUT2D eigenvalue weighted by Crippen LogP contribution is -2.22. The molecule has 0 aromatic heterocycles. The standard InChI is InChI=1S/C27H26F3N3O4/c28-27(29,30)19-5-2-7-22(15-19)33-26(35)18-4-1-6-21(14-18)32-25(34)16-31-20-9-11-23(12-10-20)37-17-24-8-3-13-36-24/h1-2,4-7,9-12,14-15,24,31H,3,8,13,16-17H2,(H,32,34)(H,33,35). The zero-order valence-corrected chi connectivity index (χ0v) is 19.8. The van der Waals surface area contributed by atoms with Crippen LogP contribution in [0.25, 0.3) is 0 Å². The van der Waals surface area contributed by atoms with Crippen LogP contribution in [0.15, 0.2) is 72.8 Å². The van der Waals surface area contributed by atoms with Gasteiger partial charge in [0.05, 0.1) is 18.2 Å². The Bertz CT molecular complexity index is 1230. The van der Waals surface area contributed by atoms with Gasteiger partial charge in [-0.25, -0.2) is 0 Å². The third-order valence-corrected chi connectivity index (χ3v) is 5.62. The Hall–Kier alpha value is -4.05. The molecule has 4 rings (SSSR count). The highest BCUT2D eigenvalue weighted by Crippen LogP contribution is 2.30. The van der Waals surface area contributed by atoms with Crippen molar-refractivity contribution in [1.29, 1.82) is 0 Å². The maximum absolute atomic E-state index is 12.9. The van der Waals surface area contributed by atoms with E-state index in [2.05, 4.69) is 16.0 Å². The van der Waals surface area contributed by atoms with Crippen molar-refractivity contribution < 1.29 is 32.2 Å². The van der Waals surface area contributed by atoms with Crippen LogP contribution in [0.4, 0.5) is 30.2 Å². The average Bonchev–Trinajstić information content (AvgIpc) is 3.40. The largest absolute Gasteiger partial charge is 0.491 e. The van der Waals surface area contributed by atoms with E-state index in [-0.39, 0.29) is 29.8 Å². The van der Waals surface area contributed by atoms with Crippen molar-refractivity contribution in [3.8, 4) is 5.75 Å². The third kappa shape index (κ3) is 7.71. The number of alkyl halides is 3. The Kier molecular flexibility index (Phi) is 8.29. The molecule has 1 aliphatic rings. The normalized spacial score (nSPS) is 15.2. The number of carbonyl (C=O) groups is 2. The molecule has 0 bridgehead atoms. The van der Waals surface area contributed by atoms with Crippen LogP contribution >= 0.6 is 0 Å². The number of halogens is 3. The maximum Gasteiger partial charge on any atom is 0.416 e. The molecule has 0 radical (unpaired) electrons. The van der Waals surface area contributed by atoms with Crippen LogP contribution in [-0.4, -0.2) is 37.7 Å². The first-order valence-electron chi connectivity index (χ1n) is 11.7. The molecule has 2 amide bonds. The van der Waals surface area contributed by atoms with E-state index in [0.29, 0.717) is 18.0 Å². The number of nitrogens with one attached hydrogen (secondary N) is 3. The molecule has 0 saturated carbocycles. The van der Waals surface area contributed by atoms with Crippen molar-refractivity contribution in [2.75, 3.05) is 35.7 Å². The second kappa shape index (κ2) is 11.8. The summed E-state index contributed by atoms with van der Waals surface area (Å²) in [5.41, 5.74) is 0.443. The van der Waals surface area contributed by atoms with Crippen LogP contribution < -0.4 is 20.7 Å². The van der Waals surface area contributed by atoms with Gasteiger partial charge in [0.2, 0.25) is 5.91 Å². The molecule has 1 saturated heterocycles. The molecule has 194 valence electrons. The van der Waals surface area contributed by atoms with Crippen LogP contribution in [0.2, 0.25) is 0 Å². The average molecular weight is 514 g/mol. The van der Waals surface area contributed by atoms with Crippen molar-refractivity contribution in [3.05, 3.63) is 83.9 Å². The molecule has 0 aliphatic carbocycles. The Balaban J connectivity index is 1.26. The SMILES string of the molecule is O=C(CNc1ccc(OCC2CCCO2)cc1)Nc1cccc(C(=O)Nc2cccc(C(F)(F)F)c2)c1. The predicted octanol–water partition coefficient (Wildman–Crippen LogP) is 5.57. The number of ether oxygens (including phenoxy) is 2. The van der Waals surface area contributed by atoms with Crippen molar-refractivity contribution >= 4 is 28.9 Å². The Morgan fingerprint density at radius 3 is 2.35 bits per heavy atom. The highest BCUT2D eigenvalue weighted by Gasteiger charge is 2.30. The Morgan fingerprint density at radius 1 is 0.919 bits per heavy atom. The fourth-order valence-corrected chi connectivity index (χ4v) is 3.74. The third-order valence-electron chi connectivity index (χ3n) is 5.62. The number of benzene rings is 3. The van der Waals surface area contributed by atoms with E-state index < -0.39 is 17.6 Å². The minimum atomic E-state index is -4.51. The van der Waals surface area contributed by atoms with Crippen LogP contribution in [0, 0.1) is 0 Å². The van der Waals surface area contributed by atoms with E-state index in [1.54, 1.807) is 24.3 Å². The van der Waals surface area contributed by atoms with Gasteiger partial charge in [-0.2, -0.15) is 13.2 Å². The fraction of sp³-hybridized carbons (Fsp3) is 0.259. The summed E-state index contributed by atoms with van der Waals surface area (Å²) in [5, 5.41) is 8.15. The summed E-state index contributed by atoms with van der Waals surface area (Å²) >= 11 is 0. The zero-order chi connectivity index (χ0) is 26.3. The lowest BCUT2D eigenvalue weighted by atomic mass is 10.1. The van der Waals surface area contributed by atoms with E-state index in [4.69, 9.17) is 9.47 Å². The van der Waals surface area contributed by atoms with Gasteiger partial charge in [0, 0.05) is 29.2 Å². The predicted molar refractivity (Wildman–Crippen MR) is 134 cm³/mol. The minimum absolute atomic E-state index is 0.0155. The monoisotopic (exact) mass is 513 g/mol. The summed E-state index contributed by atoms with van der Waals surface area (Å²) in [6, 6.07) is 17.7. The highest BCUT2D eigenvalue weighted by molar-refractivity contribution is 6.05. The van der Waals surface area contributed by atoms with Crippen molar-refractivity contribution in [2.24, 2.45) is 0 Å². The summed E-state index contributed by atoms with van der Waals surface area (Å²) in [7, 11) is 0. The van der Waals surface area contributed by atoms with Gasteiger partial charge < -0.3 is 25.4 Å². The van der Waals surface area contributed by atoms with E-state index in [1.807, 2.05) is 12.1 Å². The minimum Gasteiger partial charge on any atom is -0.491 e. The van der Waals surface area contributed by atoms with Gasteiger partial charge in [-0.3, -0.25) is 9.59 Å². The molecule has 3 N–H and O–H groups in total. The number of rotatable bonds is 9. The second-order valence-corrected chi connectivity index (χ2v) is 8.49. The molecule has 3 aromatic carbocycles. The van der Waals surface area contributed by atoms with Gasteiger partial charge in [0.25, 0.3) is 5.91 Å². The van der Waals surface area contributed by atoms with Crippen LogP contribution in [0.3, 0.4) is 0 Å². The number of carbonyl (C=O) groups excluding carboxylic acids is 2. The molecule has 0 spiro atoms. The first kappa shape index (κ1) is 26.0. The summed E-state index contributed by atoms with van der Waals surface area (Å²) in [6.07, 6.45) is -2.33. The molecule has 1 atom stereocenters. The van der Waals surface area contributed by atoms with Gasteiger partial charge in [-0.15, -0.1) is 0 Å². The lowest BCUT2D eigenvalue weighted by molar-refractivity contribution is -0.137. The number of hydrogen-bond donors (Lipinski definition) is 3. The molecule has 1 unspecified atom stereocenters. The van der Waals surface area contributed by atoms with Crippen molar-refractivity contribution in [2.45, 2.75) is 25.1 Å². The van der Waals surface area contributed by atoms with E-state index >= 15 is 0 Å². The second-order valence-electron chi connectivity index (χ2n) is 8.49. The molecular formula is C27H26F3N3O4. The molecular weight excluding hydrogens is 487 g/mol. The zero-order valence-electron chi connectivity index (χ0n) is 19.8.